The van der Waals surface area contributed by atoms with Crippen molar-refractivity contribution in [2.24, 2.45) is 0 Å². The zero-order chi connectivity index (χ0) is 25.9. The summed E-state index contributed by atoms with van der Waals surface area (Å²) in [6.07, 6.45) is 19.6. The highest BCUT2D eigenvalue weighted by Gasteiger charge is 2.11. The predicted octanol–water partition coefficient (Wildman–Crippen LogP) is 6.84. The van der Waals surface area contributed by atoms with Crippen molar-refractivity contribution in [3.63, 3.8) is 0 Å². The number of esters is 1. The van der Waals surface area contributed by atoms with Crippen LogP contribution in [0.4, 0.5) is 0 Å². The van der Waals surface area contributed by atoms with Gasteiger partial charge in [-0.15, -0.1) is 11.8 Å². The van der Waals surface area contributed by atoms with Gasteiger partial charge in [-0.2, -0.15) is 0 Å². The molecule has 0 aromatic rings. The molecule has 0 bridgehead atoms. The van der Waals surface area contributed by atoms with E-state index in [-0.39, 0.29) is 5.97 Å². The molecule has 0 aromatic heterocycles. The first-order chi connectivity index (χ1) is 17.8. The Bertz CT molecular complexity index is 552. The molecule has 0 N–H and O–H groups in total. The Labute approximate surface area is 224 Å². The lowest BCUT2D eigenvalue weighted by Crippen LogP contribution is -2.38. The van der Waals surface area contributed by atoms with E-state index in [4.69, 9.17) is 9.47 Å². The van der Waals surface area contributed by atoms with Gasteiger partial charge in [0, 0.05) is 32.4 Å². The van der Waals surface area contributed by atoms with Crippen molar-refractivity contribution in [2.75, 3.05) is 59.1 Å². The van der Waals surface area contributed by atoms with Crippen LogP contribution in [0.3, 0.4) is 0 Å². The fourth-order valence-corrected chi connectivity index (χ4v) is 4.65. The van der Waals surface area contributed by atoms with Crippen LogP contribution >= 0.6 is 0 Å². The Morgan fingerprint density at radius 3 is 2.06 bits per heavy atom. The van der Waals surface area contributed by atoms with Gasteiger partial charge in [-0.25, -0.2) is 0 Å². The number of hydrogen-bond acceptors (Lipinski definition) is 5. The van der Waals surface area contributed by atoms with Crippen LogP contribution in [0, 0.1) is 11.8 Å². The summed E-state index contributed by atoms with van der Waals surface area (Å²) in [5, 5.41) is 0. The maximum atomic E-state index is 11.9. The van der Waals surface area contributed by atoms with Gasteiger partial charge in [0.25, 0.3) is 0 Å². The standard InChI is InChI=1S/C31H58N2O3/c1-3-5-7-9-13-17-22-32(24-20-25-33-26-29-35-30-27-33)23-18-14-11-12-16-21-31(34)36-28-19-15-10-8-6-4-2/h3-7,9,11-30H2,1-2H3. The molecule has 36 heavy (non-hydrogen) atoms. The smallest absolute Gasteiger partial charge is 0.305 e. The van der Waals surface area contributed by atoms with Gasteiger partial charge in [0.15, 0.2) is 0 Å². The molecule has 0 aromatic carbocycles. The Hall–Kier alpha value is -1.09. The highest BCUT2D eigenvalue weighted by atomic mass is 16.5. The van der Waals surface area contributed by atoms with E-state index in [1.54, 1.807) is 0 Å². The molecule has 0 saturated carbocycles. The van der Waals surface area contributed by atoms with Crippen LogP contribution in [0.1, 0.15) is 123 Å². The third-order valence-corrected chi connectivity index (χ3v) is 6.94. The number of rotatable bonds is 23. The first-order valence-electron chi connectivity index (χ1n) is 15.4. The second-order valence-electron chi connectivity index (χ2n) is 10.4. The molecule has 1 aliphatic rings. The van der Waals surface area contributed by atoms with Gasteiger partial charge in [0.2, 0.25) is 0 Å². The Morgan fingerprint density at radius 2 is 1.36 bits per heavy atom. The number of carbonyl (C=O) groups is 1. The van der Waals surface area contributed by atoms with Crippen LogP contribution in [0.5, 0.6) is 0 Å². The first kappa shape index (κ1) is 32.9. The van der Waals surface area contributed by atoms with Gasteiger partial charge in [0.1, 0.15) is 0 Å². The number of unbranched alkanes of at least 4 members (excludes halogenated alkanes) is 11. The number of carbonyl (C=O) groups excluding carboxylic acids is 1. The molecule has 0 amide bonds. The largest absolute Gasteiger partial charge is 0.466 e. The van der Waals surface area contributed by atoms with E-state index in [0.717, 1.165) is 64.8 Å². The minimum Gasteiger partial charge on any atom is -0.466 e. The van der Waals surface area contributed by atoms with Crippen molar-refractivity contribution in [2.45, 2.75) is 123 Å². The summed E-state index contributed by atoms with van der Waals surface area (Å²) in [5.74, 6) is 6.23. The molecule has 5 nitrogen and oxygen atoms in total. The van der Waals surface area contributed by atoms with Crippen LogP contribution in [0.25, 0.3) is 0 Å². The molecule has 0 atom stereocenters. The van der Waals surface area contributed by atoms with Crippen LogP contribution in [-0.2, 0) is 14.3 Å². The third kappa shape index (κ3) is 21.0. The Balaban J connectivity index is 2.08. The quantitative estimate of drug-likeness (QED) is 0.0862. The molecule has 0 spiro atoms. The van der Waals surface area contributed by atoms with Crippen LogP contribution < -0.4 is 0 Å². The van der Waals surface area contributed by atoms with Crippen molar-refractivity contribution in [3.05, 3.63) is 0 Å². The zero-order valence-corrected chi connectivity index (χ0v) is 24.0. The maximum absolute atomic E-state index is 11.9. The van der Waals surface area contributed by atoms with Crippen molar-refractivity contribution >= 4 is 5.97 Å². The van der Waals surface area contributed by atoms with Crippen LogP contribution in [0.15, 0.2) is 0 Å². The summed E-state index contributed by atoms with van der Waals surface area (Å²) < 4.78 is 10.8. The lowest BCUT2D eigenvalue weighted by atomic mass is 10.1. The molecule has 1 fully saturated rings. The van der Waals surface area contributed by atoms with Crippen molar-refractivity contribution in [3.8, 4) is 11.8 Å². The Kier molecular flexibility index (Phi) is 23.4. The van der Waals surface area contributed by atoms with Crippen LogP contribution in [0.2, 0.25) is 0 Å². The second-order valence-corrected chi connectivity index (χ2v) is 10.4. The summed E-state index contributed by atoms with van der Waals surface area (Å²) >= 11 is 0. The molecular formula is C31H58N2O3. The lowest BCUT2D eigenvalue weighted by molar-refractivity contribution is -0.143. The average Bonchev–Trinajstić information content (AvgIpc) is 2.89. The molecule has 0 aliphatic carbocycles. The average molecular weight is 507 g/mol. The lowest BCUT2D eigenvalue weighted by Gasteiger charge is -2.28. The summed E-state index contributed by atoms with van der Waals surface area (Å²) in [7, 11) is 0. The highest BCUT2D eigenvalue weighted by molar-refractivity contribution is 5.69. The van der Waals surface area contributed by atoms with Gasteiger partial charge in [-0.05, 0) is 64.7 Å². The van der Waals surface area contributed by atoms with E-state index in [1.807, 2.05) is 0 Å². The fourth-order valence-electron chi connectivity index (χ4n) is 4.65. The normalized spacial score (nSPS) is 14.1. The molecule has 210 valence electrons. The summed E-state index contributed by atoms with van der Waals surface area (Å²) in [5.41, 5.74) is 0. The minimum absolute atomic E-state index is 0.0399. The molecule has 1 saturated heterocycles. The highest BCUT2D eigenvalue weighted by Crippen LogP contribution is 2.10. The van der Waals surface area contributed by atoms with E-state index < -0.39 is 0 Å². The molecular weight excluding hydrogens is 448 g/mol. The van der Waals surface area contributed by atoms with Gasteiger partial charge >= 0.3 is 5.97 Å². The minimum atomic E-state index is -0.0399. The predicted molar refractivity (Wildman–Crippen MR) is 152 cm³/mol. The number of ether oxygens (including phenoxy) is 2. The number of nitrogens with zero attached hydrogens (tertiary/aromatic N) is 2. The third-order valence-electron chi connectivity index (χ3n) is 6.94. The van der Waals surface area contributed by atoms with Gasteiger partial charge < -0.3 is 14.4 Å². The molecule has 1 heterocycles. The Morgan fingerprint density at radius 1 is 0.750 bits per heavy atom. The molecule has 5 heteroatoms. The van der Waals surface area contributed by atoms with E-state index >= 15 is 0 Å². The topological polar surface area (TPSA) is 42.0 Å². The monoisotopic (exact) mass is 506 g/mol. The van der Waals surface area contributed by atoms with Gasteiger partial charge in [0.05, 0.1) is 19.8 Å². The maximum Gasteiger partial charge on any atom is 0.305 e. The summed E-state index contributed by atoms with van der Waals surface area (Å²) in [4.78, 5) is 17.1. The SMILES string of the molecule is CCCC#CCCCOC(=O)CCCCCCCN(CCCCCCCC)CCCN1CCOCC1. The van der Waals surface area contributed by atoms with Gasteiger partial charge in [-0.3, -0.25) is 9.69 Å². The zero-order valence-electron chi connectivity index (χ0n) is 24.0. The fraction of sp³-hybridized carbons (Fsp3) is 0.903. The first-order valence-corrected chi connectivity index (χ1v) is 15.4. The van der Waals surface area contributed by atoms with Crippen molar-refractivity contribution in [1.29, 1.82) is 0 Å². The van der Waals surface area contributed by atoms with Crippen LogP contribution in [-0.4, -0.2) is 74.9 Å². The van der Waals surface area contributed by atoms with E-state index in [1.165, 1.54) is 90.4 Å². The molecule has 1 rings (SSSR count). The number of morpholine rings is 1. The molecule has 0 radical (unpaired) electrons. The number of hydrogen-bond donors (Lipinski definition) is 0. The van der Waals surface area contributed by atoms with E-state index in [0.29, 0.717) is 13.0 Å². The van der Waals surface area contributed by atoms with E-state index in [9.17, 15) is 4.79 Å². The summed E-state index contributed by atoms with van der Waals surface area (Å²) in [6, 6.07) is 0. The molecule has 0 unspecified atom stereocenters. The second kappa shape index (κ2) is 25.6. The summed E-state index contributed by atoms with van der Waals surface area (Å²) in [6.45, 7) is 13.8. The van der Waals surface area contributed by atoms with Crippen molar-refractivity contribution < 1.29 is 14.3 Å². The van der Waals surface area contributed by atoms with E-state index in [2.05, 4.69) is 35.5 Å². The van der Waals surface area contributed by atoms with Gasteiger partial charge in [-0.1, -0.05) is 65.2 Å². The van der Waals surface area contributed by atoms with Crippen molar-refractivity contribution in [1.82, 2.24) is 9.80 Å². The molecule has 1 aliphatic heterocycles.